The van der Waals surface area contributed by atoms with E-state index in [1.807, 2.05) is 18.2 Å². The molecule has 1 saturated carbocycles. The Morgan fingerprint density at radius 2 is 1.83 bits per heavy atom. The molecular formula is C15H21Cl2N. The summed E-state index contributed by atoms with van der Waals surface area (Å²) in [5.41, 5.74) is 1.13. The maximum Gasteiger partial charge on any atom is 0.0452 e. The molecule has 3 heteroatoms. The third kappa shape index (κ3) is 3.40. The molecule has 1 aliphatic carbocycles. The Labute approximate surface area is 120 Å². The van der Waals surface area contributed by atoms with E-state index < -0.39 is 0 Å². The fourth-order valence-corrected chi connectivity index (χ4v) is 3.52. The first-order chi connectivity index (χ1) is 8.72. The maximum absolute atomic E-state index is 6.26. The molecule has 0 radical (unpaired) electrons. The first kappa shape index (κ1) is 14.2. The molecule has 100 valence electrons. The quantitative estimate of drug-likeness (QED) is 0.836. The molecule has 18 heavy (non-hydrogen) atoms. The molecule has 0 spiro atoms. The fraction of sp³-hybridized carbons (Fsp3) is 0.600. The zero-order chi connectivity index (χ0) is 13.0. The molecule has 0 saturated heterocycles. The van der Waals surface area contributed by atoms with Crippen molar-refractivity contribution in [3.63, 3.8) is 0 Å². The predicted molar refractivity (Wildman–Crippen MR) is 79.5 cm³/mol. The average Bonchev–Trinajstić information content (AvgIpc) is 2.79. The summed E-state index contributed by atoms with van der Waals surface area (Å²) in [5.74, 6) is 1.50. The van der Waals surface area contributed by atoms with Gasteiger partial charge in [-0.25, -0.2) is 0 Å². The molecule has 1 aliphatic rings. The van der Waals surface area contributed by atoms with E-state index in [1.54, 1.807) is 0 Å². The van der Waals surface area contributed by atoms with Gasteiger partial charge in [-0.1, -0.05) is 42.6 Å². The van der Waals surface area contributed by atoms with E-state index in [2.05, 4.69) is 12.2 Å². The van der Waals surface area contributed by atoms with Gasteiger partial charge in [0.1, 0.15) is 0 Å². The lowest BCUT2D eigenvalue weighted by Crippen LogP contribution is -2.26. The molecule has 0 heterocycles. The minimum absolute atomic E-state index is 0.724. The normalized spacial score (nSPS) is 23.5. The van der Waals surface area contributed by atoms with Gasteiger partial charge < -0.3 is 5.32 Å². The van der Waals surface area contributed by atoms with E-state index in [-0.39, 0.29) is 0 Å². The lowest BCUT2D eigenvalue weighted by Gasteiger charge is -2.21. The second-order valence-corrected chi connectivity index (χ2v) is 5.98. The third-order valence-electron chi connectivity index (χ3n) is 4.00. The first-order valence-electron chi connectivity index (χ1n) is 6.86. The molecule has 1 N–H and O–H groups in total. The monoisotopic (exact) mass is 285 g/mol. The molecule has 0 aliphatic heterocycles. The van der Waals surface area contributed by atoms with Crippen LogP contribution in [0.25, 0.3) is 0 Å². The van der Waals surface area contributed by atoms with Crippen molar-refractivity contribution in [2.75, 3.05) is 13.1 Å². The Bertz CT molecular complexity index is 372. The predicted octanol–water partition coefficient (Wildman–Crippen LogP) is 4.56. The van der Waals surface area contributed by atoms with E-state index in [0.29, 0.717) is 0 Å². The number of nitrogens with one attached hydrogen (secondary N) is 1. The summed E-state index contributed by atoms with van der Waals surface area (Å²) in [7, 11) is 0. The zero-order valence-corrected chi connectivity index (χ0v) is 12.4. The second kappa shape index (κ2) is 6.79. The van der Waals surface area contributed by atoms with Crippen LogP contribution in [0.15, 0.2) is 18.2 Å². The minimum Gasteiger partial charge on any atom is -0.317 e. The highest BCUT2D eigenvalue weighted by Gasteiger charge is 2.27. The van der Waals surface area contributed by atoms with Crippen molar-refractivity contribution in [2.45, 2.75) is 32.6 Å². The zero-order valence-electron chi connectivity index (χ0n) is 10.9. The van der Waals surface area contributed by atoms with Crippen LogP contribution in [-0.4, -0.2) is 13.1 Å². The van der Waals surface area contributed by atoms with Gasteiger partial charge in [-0.15, -0.1) is 0 Å². The van der Waals surface area contributed by atoms with Gasteiger partial charge in [0.2, 0.25) is 0 Å². The summed E-state index contributed by atoms with van der Waals surface area (Å²) in [6.07, 6.45) is 4.99. The van der Waals surface area contributed by atoms with Crippen molar-refractivity contribution >= 4 is 23.2 Å². The van der Waals surface area contributed by atoms with Gasteiger partial charge in [0.05, 0.1) is 0 Å². The number of benzene rings is 1. The lowest BCUT2D eigenvalue weighted by atomic mass is 9.89. The van der Waals surface area contributed by atoms with Crippen LogP contribution < -0.4 is 5.32 Å². The Hall–Kier alpha value is -0.240. The Morgan fingerprint density at radius 1 is 1.17 bits per heavy atom. The van der Waals surface area contributed by atoms with E-state index in [0.717, 1.165) is 47.0 Å². The fourth-order valence-electron chi connectivity index (χ4n) is 2.97. The van der Waals surface area contributed by atoms with Crippen LogP contribution >= 0.6 is 23.2 Å². The summed E-state index contributed by atoms with van der Waals surface area (Å²) in [6, 6.07) is 5.80. The molecule has 0 bridgehead atoms. The smallest absolute Gasteiger partial charge is 0.0452 e. The first-order valence-corrected chi connectivity index (χ1v) is 7.61. The molecule has 1 fully saturated rings. The number of hydrogen-bond acceptors (Lipinski definition) is 1. The van der Waals surface area contributed by atoms with Gasteiger partial charge >= 0.3 is 0 Å². The average molecular weight is 286 g/mol. The largest absolute Gasteiger partial charge is 0.317 e. The standard InChI is InChI=1S/C15H21Cl2N/c1-2-18-10-12-6-3-5-11(12)9-13-14(16)7-4-8-15(13)17/h4,7-8,11-12,18H,2-3,5-6,9-10H2,1H3. The van der Waals surface area contributed by atoms with E-state index in [1.165, 1.54) is 19.3 Å². The molecule has 0 amide bonds. The maximum atomic E-state index is 6.26. The van der Waals surface area contributed by atoms with Crippen molar-refractivity contribution in [3.8, 4) is 0 Å². The highest BCUT2D eigenvalue weighted by atomic mass is 35.5. The van der Waals surface area contributed by atoms with Crippen LogP contribution in [0, 0.1) is 11.8 Å². The summed E-state index contributed by atoms with van der Waals surface area (Å²) < 4.78 is 0. The molecule has 2 atom stereocenters. The minimum atomic E-state index is 0.724. The molecule has 2 unspecified atom stereocenters. The van der Waals surface area contributed by atoms with Crippen molar-refractivity contribution < 1.29 is 0 Å². The molecule has 1 aromatic carbocycles. The Morgan fingerprint density at radius 3 is 2.50 bits per heavy atom. The summed E-state index contributed by atoms with van der Waals surface area (Å²) in [4.78, 5) is 0. The topological polar surface area (TPSA) is 12.0 Å². The van der Waals surface area contributed by atoms with Gasteiger partial charge in [0.15, 0.2) is 0 Å². The van der Waals surface area contributed by atoms with Crippen molar-refractivity contribution in [1.82, 2.24) is 5.32 Å². The van der Waals surface area contributed by atoms with E-state index in [4.69, 9.17) is 23.2 Å². The van der Waals surface area contributed by atoms with Gasteiger partial charge in [-0.2, -0.15) is 0 Å². The number of halogens is 2. The molecule has 0 aromatic heterocycles. The van der Waals surface area contributed by atoms with Crippen LogP contribution in [-0.2, 0) is 6.42 Å². The van der Waals surface area contributed by atoms with Crippen molar-refractivity contribution in [1.29, 1.82) is 0 Å². The Balaban J connectivity index is 2.03. The highest BCUT2D eigenvalue weighted by Crippen LogP contribution is 2.37. The summed E-state index contributed by atoms with van der Waals surface area (Å²) in [5, 5.41) is 5.10. The van der Waals surface area contributed by atoms with Gasteiger partial charge in [0, 0.05) is 10.0 Å². The van der Waals surface area contributed by atoms with Crippen LogP contribution in [0.5, 0.6) is 0 Å². The third-order valence-corrected chi connectivity index (χ3v) is 4.71. The Kier molecular flexibility index (Phi) is 5.35. The van der Waals surface area contributed by atoms with Gasteiger partial charge in [-0.3, -0.25) is 0 Å². The lowest BCUT2D eigenvalue weighted by molar-refractivity contribution is 0.368. The van der Waals surface area contributed by atoms with Gasteiger partial charge in [0.25, 0.3) is 0 Å². The van der Waals surface area contributed by atoms with Crippen LogP contribution in [0.2, 0.25) is 10.0 Å². The van der Waals surface area contributed by atoms with E-state index >= 15 is 0 Å². The molecule has 1 aromatic rings. The summed E-state index contributed by atoms with van der Waals surface area (Å²) in [6.45, 7) is 4.34. The van der Waals surface area contributed by atoms with E-state index in [9.17, 15) is 0 Å². The molecule has 1 nitrogen and oxygen atoms in total. The number of rotatable bonds is 5. The van der Waals surface area contributed by atoms with Crippen LogP contribution in [0.3, 0.4) is 0 Å². The molecule has 2 rings (SSSR count). The second-order valence-electron chi connectivity index (χ2n) is 5.16. The number of hydrogen-bond donors (Lipinski definition) is 1. The summed E-state index contributed by atoms with van der Waals surface area (Å²) >= 11 is 12.5. The van der Waals surface area contributed by atoms with Crippen molar-refractivity contribution in [3.05, 3.63) is 33.8 Å². The van der Waals surface area contributed by atoms with Crippen LogP contribution in [0.4, 0.5) is 0 Å². The van der Waals surface area contributed by atoms with Crippen molar-refractivity contribution in [2.24, 2.45) is 11.8 Å². The SMILES string of the molecule is CCNCC1CCCC1Cc1c(Cl)cccc1Cl. The molecular weight excluding hydrogens is 265 g/mol. The van der Waals surface area contributed by atoms with Crippen LogP contribution in [0.1, 0.15) is 31.7 Å². The highest BCUT2D eigenvalue weighted by molar-refractivity contribution is 6.35. The van der Waals surface area contributed by atoms with Gasteiger partial charge in [-0.05, 0) is 61.9 Å².